The van der Waals surface area contributed by atoms with Gasteiger partial charge in [0.2, 0.25) is 0 Å². The van der Waals surface area contributed by atoms with Gasteiger partial charge in [-0.2, -0.15) is 0 Å². The molecule has 0 unspecified atom stereocenters. The van der Waals surface area contributed by atoms with E-state index in [2.05, 4.69) is 114 Å². The third-order valence-corrected chi connectivity index (χ3v) is 12.4. The highest BCUT2D eigenvalue weighted by Crippen LogP contribution is 2.34. The van der Waals surface area contributed by atoms with Crippen molar-refractivity contribution in [3.8, 4) is 5.75 Å². The van der Waals surface area contributed by atoms with Gasteiger partial charge in [-0.25, -0.2) is 0 Å². The summed E-state index contributed by atoms with van der Waals surface area (Å²) in [6.45, 7) is 12.3. The van der Waals surface area contributed by atoms with Crippen molar-refractivity contribution in [3.05, 3.63) is 95.1 Å². The molecule has 0 saturated heterocycles. The highest BCUT2D eigenvalue weighted by Gasteiger charge is 2.40. The molecule has 0 aliphatic heterocycles. The van der Waals surface area contributed by atoms with Crippen molar-refractivity contribution < 1.29 is 4.74 Å². The molecule has 2 heteroatoms. The van der Waals surface area contributed by atoms with E-state index < -0.39 is 8.07 Å². The van der Waals surface area contributed by atoms with E-state index >= 15 is 0 Å². The lowest BCUT2D eigenvalue weighted by atomic mass is 9.86. The fourth-order valence-electron chi connectivity index (χ4n) is 5.26. The van der Waals surface area contributed by atoms with Gasteiger partial charge in [0, 0.05) is 0 Å². The topological polar surface area (TPSA) is 9.23 Å². The maximum atomic E-state index is 6.75. The second-order valence-corrected chi connectivity index (χ2v) is 14.6. The number of allylic oxidation sites excluding steroid dienone is 1. The molecule has 3 aromatic carbocycles. The van der Waals surface area contributed by atoms with Crippen LogP contribution in [0.15, 0.2) is 72.8 Å². The molecule has 0 atom stereocenters. The maximum Gasteiger partial charge on any atom is 0.123 e. The quantitative estimate of drug-likeness (QED) is 0.370. The van der Waals surface area contributed by atoms with Crippen molar-refractivity contribution >= 4 is 24.5 Å². The predicted octanol–water partition coefficient (Wildman–Crippen LogP) is 6.74. The van der Waals surface area contributed by atoms with Gasteiger partial charge in [0.25, 0.3) is 0 Å². The Hall–Kier alpha value is -2.58. The van der Waals surface area contributed by atoms with Crippen molar-refractivity contribution in [1.82, 2.24) is 0 Å². The lowest BCUT2D eigenvalue weighted by molar-refractivity contribution is 0.300. The van der Waals surface area contributed by atoms with Crippen molar-refractivity contribution in [3.63, 3.8) is 0 Å². The van der Waals surface area contributed by atoms with Gasteiger partial charge >= 0.3 is 0 Å². The number of rotatable bonds is 7. The van der Waals surface area contributed by atoms with Crippen LogP contribution in [0.5, 0.6) is 5.75 Å². The van der Waals surface area contributed by atoms with Crippen molar-refractivity contribution in [2.45, 2.75) is 65.1 Å². The molecule has 3 aromatic rings. The van der Waals surface area contributed by atoms with Crippen molar-refractivity contribution in [2.24, 2.45) is 0 Å². The maximum absolute atomic E-state index is 6.75. The zero-order valence-electron chi connectivity index (χ0n) is 20.2. The molecule has 0 heterocycles. The molecule has 1 aliphatic rings. The highest BCUT2D eigenvalue weighted by molar-refractivity contribution is 7.03. The third kappa shape index (κ3) is 4.09. The Labute approximate surface area is 195 Å². The molecule has 1 nitrogen and oxygen atoms in total. The summed E-state index contributed by atoms with van der Waals surface area (Å²) in [5, 5.41) is 3.03. The van der Waals surface area contributed by atoms with Crippen LogP contribution >= 0.6 is 0 Å². The summed E-state index contributed by atoms with van der Waals surface area (Å²) in [6, 6.07) is 26.7. The molecular formula is C30H36OSi. The Morgan fingerprint density at radius 1 is 0.812 bits per heavy atom. The van der Waals surface area contributed by atoms with Crippen LogP contribution in [0.25, 0.3) is 6.08 Å². The van der Waals surface area contributed by atoms with E-state index in [0.717, 1.165) is 12.2 Å². The van der Waals surface area contributed by atoms with E-state index in [1.54, 1.807) is 5.19 Å². The summed E-state index contributed by atoms with van der Waals surface area (Å²) in [6.07, 6.45) is 5.73. The lowest BCUT2D eigenvalue weighted by Gasteiger charge is -2.36. The normalized spacial score (nSPS) is 13.3. The first-order valence-electron chi connectivity index (χ1n) is 12.0. The SMILES string of the molecule is CC[Si](CC)(c1cccc2c1C=CC2)c1cccc(C(C)(C)C)c1OCc1ccccc1. The molecule has 0 spiro atoms. The average molecular weight is 441 g/mol. The van der Waals surface area contributed by atoms with Gasteiger partial charge in [0.1, 0.15) is 20.4 Å². The number of ether oxygens (including phenoxy) is 1. The minimum absolute atomic E-state index is 0.0161. The van der Waals surface area contributed by atoms with Crippen LogP contribution in [0.4, 0.5) is 0 Å². The van der Waals surface area contributed by atoms with Gasteiger partial charge in [0.15, 0.2) is 0 Å². The first-order chi connectivity index (χ1) is 15.4. The summed E-state index contributed by atoms with van der Waals surface area (Å²) < 4.78 is 6.75. The zero-order chi connectivity index (χ0) is 22.8. The summed E-state index contributed by atoms with van der Waals surface area (Å²) >= 11 is 0. The predicted molar refractivity (Wildman–Crippen MR) is 141 cm³/mol. The van der Waals surface area contributed by atoms with E-state index in [0.29, 0.717) is 6.61 Å². The zero-order valence-corrected chi connectivity index (χ0v) is 21.2. The standard InChI is InChI=1S/C30H36OSi/c1-6-32(7-2,27-20-12-17-24-16-11-18-25(24)27)28-21-13-19-26(30(3,4)5)29(28)31-22-23-14-9-8-10-15-23/h8-15,17-21H,6-7,16,22H2,1-5H3. The van der Waals surface area contributed by atoms with Crippen LogP contribution in [-0.4, -0.2) is 8.07 Å². The van der Waals surface area contributed by atoms with Crippen LogP contribution in [-0.2, 0) is 18.4 Å². The van der Waals surface area contributed by atoms with E-state index in [-0.39, 0.29) is 5.41 Å². The number of hydrogen-bond donors (Lipinski definition) is 0. The Bertz CT molecular complexity index is 1100. The van der Waals surface area contributed by atoms with E-state index in [4.69, 9.17) is 4.74 Å². The second-order valence-electron chi connectivity index (χ2n) is 9.98. The molecule has 0 fully saturated rings. The number of fused-ring (bicyclic) bond motifs is 1. The number of para-hydroxylation sites is 1. The number of hydrogen-bond acceptors (Lipinski definition) is 1. The first-order valence-corrected chi connectivity index (χ1v) is 14.4. The van der Waals surface area contributed by atoms with E-state index in [9.17, 15) is 0 Å². The summed E-state index contributed by atoms with van der Waals surface area (Å²) in [5.74, 6) is 1.12. The Morgan fingerprint density at radius 3 is 2.19 bits per heavy atom. The van der Waals surface area contributed by atoms with Gasteiger partial charge in [0.05, 0.1) is 0 Å². The molecule has 4 rings (SSSR count). The Kier molecular flexibility index (Phi) is 6.44. The van der Waals surface area contributed by atoms with E-state index in [1.165, 1.54) is 39.5 Å². The molecule has 0 amide bonds. The largest absolute Gasteiger partial charge is 0.489 e. The molecule has 0 N–H and O–H groups in total. The van der Waals surface area contributed by atoms with Gasteiger partial charge < -0.3 is 4.74 Å². The van der Waals surface area contributed by atoms with Gasteiger partial charge in [-0.05, 0) is 44.5 Å². The molecule has 166 valence electrons. The molecule has 1 aliphatic carbocycles. The van der Waals surface area contributed by atoms with Crippen LogP contribution in [0.1, 0.15) is 56.9 Å². The monoisotopic (exact) mass is 440 g/mol. The number of benzene rings is 3. The summed E-state index contributed by atoms with van der Waals surface area (Å²) in [5.41, 5.74) is 5.49. The minimum atomic E-state index is -2.02. The molecule has 0 bridgehead atoms. The smallest absolute Gasteiger partial charge is 0.123 e. The van der Waals surface area contributed by atoms with Crippen LogP contribution in [0, 0.1) is 0 Å². The first kappa shape index (κ1) is 22.6. The van der Waals surface area contributed by atoms with Crippen LogP contribution < -0.4 is 15.1 Å². The molecule has 32 heavy (non-hydrogen) atoms. The van der Waals surface area contributed by atoms with Gasteiger partial charge in [-0.3, -0.25) is 0 Å². The van der Waals surface area contributed by atoms with Gasteiger partial charge in [-0.1, -0.05) is 126 Å². The summed E-state index contributed by atoms with van der Waals surface area (Å²) in [7, 11) is -2.02. The second kappa shape index (κ2) is 9.11. The van der Waals surface area contributed by atoms with Crippen molar-refractivity contribution in [1.29, 1.82) is 0 Å². The Balaban J connectivity index is 1.90. The fraction of sp³-hybridized carbons (Fsp3) is 0.333. The lowest BCUT2D eigenvalue weighted by Crippen LogP contribution is -2.58. The van der Waals surface area contributed by atoms with Gasteiger partial charge in [-0.15, -0.1) is 0 Å². The summed E-state index contributed by atoms with van der Waals surface area (Å²) in [4.78, 5) is 0. The molecule has 0 aromatic heterocycles. The van der Waals surface area contributed by atoms with E-state index in [1.807, 2.05) is 0 Å². The third-order valence-electron chi connectivity index (χ3n) is 7.11. The minimum Gasteiger partial charge on any atom is -0.489 e. The highest BCUT2D eigenvalue weighted by atomic mass is 28.3. The average Bonchev–Trinajstić information content (AvgIpc) is 3.29. The van der Waals surface area contributed by atoms with Crippen LogP contribution in [0.2, 0.25) is 12.1 Å². The molecular weight excluding hydrogens is 404 g/mol. The van der Waals surface area contributed by atoms with Crippen LogP contribution in [0.3, 0.4) is 0 Å². The van der Waals surface area contributed by atoms with Crippen molar-refractivity contribution in [2.75, 3.05) is 0 Å². The molecule has 0 radical (unpaired) electrons. The Morgan fingerprint density at radius 2 is 1.50 bits per heavy atom. The molecule has 0 saturated carbocycles. The fourth-order valence-corrected chi connectivity index (χ4v) is 9.80.